The molecule has 2 rings (SSSR count). The van der Waals surface area contributed by atoms with Crippen molar-refractivity contribution in [1.29, 1.82) is 0 Å². The van der Waals surface area contributed by atoms with E-state index in [-0.39, 0.29) is 0 Å². The van der Waals surface area contributed by atoms with Gasteiger partial charge in [0.25, 0.3) is 0 Å². The van der Waals surface area contributed by atoms with Crippen molar-refractivity contribution in [2.45, 2.75) is 0 Å². The number of rotatable bonds is 2. The zero-order valence-corrected chi connectivity index (χ0v) is 9.86. The number of hydrogen-bond acceptors (Lipinski definition) is 2. The van der Waals surface area contributed by atoms with Crippen molar-refractivity contribution in [3.8, 4) is 16.9 Å². The quantitative estimate of drug-likeness (QED) is 0.774. The van der Waals surface area contributed by atoms with Gasteiger partial charge in [-0.05, 0) is 39.7 Å². The number of hydrogen-bond donors (Lipinski definition) is 0. The maximum absolute atomic E-state index is 5.30. The highest BCUT2D eigenvalue weighted by Gasteiger charge is 2.04. The average molecular weight is 264 g/mol. The maximum atomic E-state index is 5.30. The molecule has 0 saturated heterocycles. The van der Waals surface area contributed by atoms with Crippen LogP contribution in [0.4, 0.5) is 0 Å². The van der Waals surface area contributed by atoms with Crippen molar-refractivity contribution in [2.75, 3.05) is 7.11 Å². The molecular formula is C12H10BrNO. The Morgan fingerprint density at radius 2 is 2.00 bits per heavy atom. The van der Waals surface area contributed by atoms with Gasteiger partial charge >= 0.3 is 0 Å². The Bertz CT molecular complexity index is 471. The fraction of sp³-hybridized carbons (Fsp3) is 0.0833. The highest BCUT2D eigenvalue weighted by molar-refractivity contribution is 9.10. The lowest BCUT2D eigenvalue weighted by molar-refractivity contribution is 0.416. The molecule has 0 fully saturated rings. The topological polar surface area (TPSA) is 22.1 Å². The van der Waals surface area contributed by atoms with Crippen molar-refractivity contribution in [3.63, 3.8) is 0 Å². The molecule has 2 nitrogen and oxygen atoms in total. The van der Waals surface area contributed by atoms with Crippen LogP contribution in [0.3, 0.4) is 0 Å². The summed E-state index contributed by atoms with van der Waals surface area (Å²) in [6, 6.07) is 11.9. The Labute approximate surface area is 97.1 Å². The molecular weight excluding hydrogens is 254 g/mol. The van der Waals surface area contributed by atoms with Crippen LogP contribution in [0.1, 0.15) is 0 Å². The zero-order chi connectivity index (χ0) is 10.7. The summed E-state index contributed by atoms with van der Waals surface area (Å²) in [6.07, 6.45) is 1.77. The molecule has 1 aromatic carbocycles. The van der Waals surface area contributed by atoms with Gasteiger partial charge in [-0.2, -0.15) is 0 Å². The molecule has 0 atom stereocenters. The summed E-state index contributed by atoms with van der Waals surface area (Å²) < 4.78 is 6.13. The lowest BCUT2D eigenvalue weighted by atomic mass is 10.1. The number of methoxy groups -OCH3 is 1. The first-order valence-electron chi connectivity index (χ1n) is 4.56. The second-order valence-electron chi connectivity index (χ2n) is 3.07. The predicted octanol–water partition coefficient (Wildman–Crippen LogP) is 3.52. The van der Waals surface area contributed by atoms with Gasteiger partial charge in [-0.15, -0.1) is 0 Å². The van der Waals surface area contributed by atoms with Gasteiger partial charge in [0, 0.05) is 11.8 Å². The van der Waals surface area contributed by atoms with Gasteiger partial charge in [0.05, 0.1) is 7.11 Å². The Kier molecular flexibility index (Phi) is 3.02. The monoisotopic (exact) mass is 263 g/mol. The fourth-order valence-electron chi connectivity index (χ4n) is 1.45. The van der Waals surface area contributed by atoms with Crippen LogP contribution in [0.25, 0.3) is 11.1 Å². The van der Waals surface area contributed by atoms with Gasteiger partial charge in [0.2, 0.25) is 0 Å². The van der Waals surface area contributed by atoms with Crippen LogP contribution < -0.4 is 4.74 Å². The second-order valence-corrected chi connectivity index (χ2v) is 3.88. The molecule has 2 aromatic rings. The average Bonchev–Trinajstić information content (AvgIpc) is 2.29. The Balaban J connectivity index is 2.53. The van der Waals surface area contributed by atoms with Crippen LogP contribution in [-0.2, 0) is 0 Å². The molecule has 0 aliphatic rings. The Morgan fingerprint density at radius 1 is 1.20 bits per heavy atom. The summed E-state index contributed by atoms with van der Waals surface area (Å²) in [7, 11) is 1.68. The van der Waals surface area contributed by atoms with Crippen molar-refractivity contribution in [2.24, 2.45) is 0 Å². The number of pyridine rings is 1. The molecule has 0 aliphatic heterocycles. The number of ether oxygens (including phenoxy) is 1. The molecule has 0 unspecified atom stereocenters. The first-order chi connectivity index (χ1) is 7.31. The van der Waals surface area contributed by atoms with Gasteiger partial charge in [-0.3, -0.25) is 0 Å². The number of para-hydroxylation sites is 1. The van der Waals surface area contributed by atoms with Gasteiger partial charge in [0.15, 0.2) is 0 Å². The van der Waals surface area contributed by atoms with Crippen LogP contribution >= 0.6 is 15.9 Å². The van der Waals surface area contributed by atoms with Crippen LogP contribution in [0.2, 0.25) is 0 Å². The maximum Gasteiger partial charge on any atom is 0.126 e. The lowest BCUT2D eigenvalue weighted by Gasteiger charge is -2.07. The van der Waals surface area contributed by atoms with E-state index in [0.29, 0.717) is 0 Å². The van der Waals surface area contributed by atoms with Crippen LogP contribution in [0.5, 0.6) is 5.75 Å². The summed E-state index contributed by atoms with van der Waals surface area (Å²) in [5, 5.41) is 0. The standard InChI is InChI=1S/C12H10BrNO/c1-15-11-5-3-2-4-10(11)9-6-7-14-12(13)8-9/h2-8H,1H3. The van der Waals surface area contributed by atoms with E-state index < -0.39 is 0 Å². The summed E-state index contributed by atoms with van der Waals surface area (Å²) in [6.45, 7) is 0. The zero-order valence-electron chi connectivity index (χ0n) is 8.27. The molecule has 15 heavy (non-hydrogen) atoms. The van der Waals surface area contributed by atoms with Gasteiger partial charge in [0.1, 0.15) is 10.4 Å². The van der Waals surface area contributed by atoms with Crippen LogP contribution in [0.15, 0.2) is 47.2 Å². The first-order valence-corrected chi connectivity index (χ1v) is 5.35. The number of benzene rings is 1. The molecule has 76 valence electrons. The first kappa shape index (κ1) is 10.2. The van der Waals surface area contributed by atoms with Crippen molar-refractivity contribution >= 4 is 15.9 Å². The lowest BCUT2D eigenvalue weighted by Crippen LogP contribution is -1.87. The molecule has 0 spiro atoms. The van der Waals surface area contributed by atoms with E-state index in [1.54, 1.807) is 13.3 Å². The number of halogens is 1. The molecule has 1 heterocycles. The molecule has 0 bridgehead atoms. The highest BCUT2D eigenvalue weighted by atomic mass is 79.9. The third-order valence-electron chi connectivity index (χ3n) is 2.14. The number of aromatic nitrogens is 1. The smallest absolute Gasteiger partial charge is 0.126 e. The van der Waals surface area contributed by atoms with Gasteiger partial charge in [-0.1, -0.05) is 18.2 Å². The summed E-state index contributed by atoms with van der Waals surface area (Å²) in [5.74, 6) is 0.871. The van der Waals surface area contributed by atoms with E-state index in [1.807, 2.05) is 36.4 Å². The predicted molar refractivity (Wildman–Crippen MR) is 63.9 cm³/mol. The molecule has 0 radical (unpaired) electrons. The second kappa shape index (κ2) is 4.45. The van der Waals surface area contributed by atoms with E-state index in [1.165, 1.54) is 0 Å². The molecule has 0 amide bonds. The summed E-state index contributed by atoms with van der Waals surface area (Å²) in [5.41, 5.74) is 2.16. The van der Waals surface area contributed by atoms with E-state index in [0.717, 1.165) is 21.5 Å². The summed E-state index contributed by atoms with van der Waals surface area (Å²) in [4.78, 5) is 4.10. The van der Waals surface area contributed by atoms with E-state index >= 15 is 0 Å². The summed E-state index contributed by atoms with van der Waals surface area (Å²) >= 11 is 3.35. The molecule has 1 aromatic heterocycles. The normalized spacial score (nSPS) is 10.0. The third-order valence-corrected chi connectivity index (χ3v) is 2.58. The van der Waals surface area contributed by atoms with E-state index in [2.05, 4.69) is 20.9 Å². The van der Waals surface area contributed by atoms with Gasteiger partial charge < -0.3 is 4.74 Å². The molecule has 0 aliphatic carbocycles. The minimum Gasteiger partial charge on any atom is -0.496 e. The third kappa shape index (κ3) is 2.18. The van der Waals surface area contributed by atoms with Crippen LogP contribution in [-0.4, -0.2) is 12.1 Å². The highest BCUT2D eigenvalue weighted by Crippen LogP contribution is 2.30. The van der Waals surface area contributed by atoms with Crippen molar-refractivity contribution < 1.29 is 4.74 Å². The molecule has 3 heteroatoms. The Hall–Kier alpha value is -1.35. The van der Waals surface area contributed by atoms with Crippen LogP contribution in [0, 0.1) is 0 Å². The Morgan fingerprint density at radius 3 is 2.73 bits per heavy atom. The fourth-order valence-corrected chi connectivity index (χ4v) is 1.82. The molecule has 0 N–H and O–H groups in total. The SMILES string of the molecule is COc1ccccc1-c1ccnc(Br)c1. The van der Waals surface area contributed by atoms with Crippen molar-refractivity contribution in [3.05, 3.63) is 47.2 Å². The van der Waals surface area contributed by atoms with Gasteiger partial charge in [-0.25, -0.2) is 4.98 Å². The van der Waals surface area contributed by atoms with E-state index in [4.69, 9.17) is 4.74 Å². The minimum absolute atomic E-state index is 0.825. The van der Waals surface area contributed by atoms with Crippen molar-refractivity contribution in [1.82, 2.24) is 4.98 Å². The number of nitrogens with zero attached hydrogens (tertiary/aromatic N) is 1. The minimum atomic E-state index is 0.825. The molecule has 0 saturated carbocycles. The van der Waals surface area contributed by atoms with E-state index in [9.17, 15) is 0 Å². The largest absolute Gasteiger partial charge is 0.496 e.